The van der Waals surface area contributed by atoms with Crippen LogP contribution in [0.15, 0.2) is 36.4 Å². The van der Waals surface area contributed by atoms with Crippen LogP contribution in [0.4, 0.5) is 8.78 Å². The van der Waals surface area contributed by atoms with E-state index in [1.54, 1.807) is 31.2 Å². The molecule has 2 atom stereocenters. The van der Waals surface area contributed by atoms with Gasteiger partial charge in [0, 0.05) is 11.4 Å². The number of carbonyl (C=O) groups is 2. The summed E-state index contributed by atoms with van der Waals surface area (Å²) in [5, 5.41) is 9.14. The molecule has 1 aromatic heterocycles. The Morgan fingerprint density at radius 3 is 2.56 bits per heavy atom. The van der Waals surface area contributed by atoms with Crippen molar-refractivity contribution in [3.63, 3.8) is 0 Å². The van der Waals surface area contributed by atoms with E-state index < -0.39 is 18.7 Å². The lowest BCUT2D eigenvalue weighted by molar-refractivity contribution is -0.160. The predicted octanol–water partition coefficient (Wildman–Crippen LogP) is 3.33. The van der Waals surface area contributed by atoms with Crippen LogP contribution in [0, 0.1) is 0 Å². The number of benzene rings is 1. The molecule has 9 heteroatoms. The van der Waals surface area contributed by atoms with Gasteiger partial charge in [-0.05, 0) is 48.9 Å². The van der Waals surface area contributed by atoms with E-state index in [0.29, 0.717) is 11.4 Å². The fourth-order valence-electron chi connectivity index (χ4n) is 2.82. The highest BCUT2D eigenvalue weighted by molar-refractivity contribution is 7.17. The second kappa shape index (κ2) is 8.01. The van der Waals surface area contributed by atoms with Crippen molar-refractivity contribution < 1.29 is 33.0 Å². The molecular weight excluding hydrogens is 380 g/mol. The minimum Gasteiger partial charge on any atom is -0.479 e. The van der Waals surface area contributed by atoms with E-state index in [0.717, 1.165) is 10.4 Å². The molecule has 0 bridgehead atoms. The summed E-state index contributed by atoms with van der Waals surface area (Å²) in [4.78, 5) is 26.6. The van der Waals surface area contributed by atoms with Crippen molar-refractivity contribution in [3.05, 3.63) is 41.3 Å². The smallest absolute Gasteiger partial charge is 0.387 e. The molecule has 27 heavy (non-hydrogen) atoms. The molecule has 0 aliphatic carbocycles. The first-order valence-corrected chi connectivity index (χ1v) is 8.97. The van der Waals surface area contributed by atoms with Gasteiger partial charge >= 0.3 is 12.6 Å². The van der Waals surface area contributed by atoms with E-state index in [2.05, 4.69) is 4.74 Å². The first-order chi connectivity index (χ1) is 12.8. The van der Waals surface area contributed by atoms with Crippen LogP contribution in [0.1, 0.15) is 16.6 Å². The van der Waals surface area contributed by atoms with Gasteiger partial charge in [-0.3, -0.25) is 4.79 Å². The standard InChI is InChI=1S/C18H17F2NO5S/c1-10-8-21(9-13(25-10)17(23)24)16(22)15-7-6-14(27-15)11-2-4-12(5-3-11)26-18(19)20/h2-7,10,13,18H,8-9H2,1H3,(H,23,24)/t10-,13?/m1/s1. The SMILES string of the molecule is C[C@@H]1CN(C(=O)c2ccc(-c3ccc(OC(F)F)cc3)s2)CC(C(=O)O)O1. The van der Waals surface area contributed by atoms with Crippen LogP contribution in [-0.4, -0.2) is 53.8 Å². The number of halogens is 2. The molecule has 6 nitrogen and oxygen atoms in total. The van der Waals surface area contributed by atoms with Gasteiger partial charge in [0.25, 0.3) is 5.91 Å². The zero-order chi connectivity index (χ0) is 19.6. The van der Waals surface area contributed by atoms with E-state index >= 15 is 0 Å². The number of carbonyl (C=O) groups excluding carboxylic acids is 1. The normalized spacial score (nSPS) is 19.9. The number of alkyl halides is 2. The van der Waals surface area contributed by atoms with Crippen molar-refractivity contribution >= 4 is 23.2 Å². The molecule has 0 spiro atoms. The quantitative estimate of drug-likeness (QED) is 0.838. The predicted molar refractivity (Wildman–Crippen MR) is 94.3 cm³/mol. The molecule has 1 N–H and O–H groups in total. The van der Waals surface area contributed by atoms with E-state index in [4.69, 9.17) is 9.84 Å². The number of aliphatic carboxylic acids is 1. The molecule has 1 unspecified atom stereocenters. The lowest BCUT2D eigenvalue weighted by Gasteiger charge is -2.34. The summed E-state index contributed by atoms with van der Waals surface area (Å²) in [6, 6.07) is 9.57. The summed E-state index contributed by atoms with van der Waals surface area (Å²) in [6.07, 6.45) is -1.41. The van der Waals surface area contributed by atoms with Crippen LogP contribution in [-0.2, 0) is 9.53 Å². The third-order valence-electron chi connectivity index (χ3n) is 4.00. The minimum atomic E-state index is -2.88. The van der Waals surface area contributed by atoms with Crippen LogP contribution in [0.2, 0.25) is 0 Å². The maximum atomic E-state index is 12.7. The third kappa shape index (κ3) is 4.61. The van der Waals surface area contributed by atoms with Gasteiger partial charge in [-0.2, -0.15) is 8.78 Å². The van der Waals surface area contributed by atoms with Crippen LogP contribution in [0.5, 0.6) is 5.75 Å². The number of amides is 1. The fourth-order valence-corrected chi connectivity index (χ4v) is 3.80. The summed E-state index contributed by atoms with van der Waals surface area (Å²) in [5.41, 5.74) is 0.763. The van der Waals surface area contributed by atoms with Crippen LogP contribution >= 0.6 is 11.3 Å². The van der Waals surface area contributed by atoms with Crippen molar-refractivity contribution in [2.75, 3.05) is 13.1 Å². The van der Waals surface area contributed by atoms with Crippen molar-refractivity contribution in [2.45, 2.75) is 25.7 Å². The van der Waals surface area contributed by atoms with E-state index in [1.807, 2.05) is 0 Å². The number of rotatable bonds is 5. The molecule has 3 rings (SSSR count). The second-order valence-electron chi connectivity index (χ2n) is 6.05. The van der Waals surface area contributed by atoms with Crippen molar-refractivity contribution in [1.82, 2.24) is 4.90 Å². The monoisotopic (exact) mass is 397 g/mol. The van der Waals surface area contributed by atoms with Gasteiger partial charge < -0.3 is 19.5 Å². The lowest BCUT2D eigenvalue weighted by atomic mass is 10.2. The zero-order valence-corrected chi connectivity index (χ0v) is 15.1. The largest absolute Gasteiger partial charge is 0.479 e. The molecule has 2 heterocycles. The maximum Gasteiger partial charge on any atom is 0.387 e. The number of morpholine rings is 1. The summed E-state index contributed by atoms with van der Waals surface area (Å²) < 4.78 is 34.1. The van der Waals surface area contributed by atoms with E-state index in [-0.39, 0.29) is 24.3 Å². The number of hydrogen-bond donors (Lipinski definition) is 1. The molecular formula is C18H17F2NO5S. The number of hydrogen-bond acceptors (Lipinski definition) is 5. The first kappa shape index (κ1) is 19.2. The van der Waals surface area contributed by atoms with Gasteiger partial charge in [0.1, 0.15) is 5.75 Å². The molecule has 2 aromatic rings. The average Bonchev–Trinajstić information content (AvgIpc) is 3.10. The van der Waals surface area contributed by atoms with Crippen molar-refractivity contribution in [2.24, 2.45) is 0 Å². The number of carboxylic acids is 1. The first-order valence-electron chi connectivity index (χ1n) is 8.16. The van der Waals surface area contributed by atoms with E-state index in [1.165, 1.54) is 28.4 Å². The van der Waals surface area contributed by atoms with Crippen molar-refractivity contribution in [3.8, 4) is 16.2 Å². The van der Waals surface area contributed by atoms with Crippen LogP contribution in [0.3, 0.4) is 0 Å². The van der Waals surface area contributed by atoms with Gasteiger partial charge in [-0.15, -0.1) is 11.3 Å². The molecule has 1 saturated heterocycles. The Kier molecular flexibility index (Phi) is 5.71. The van der Waals surface area contributed by atoms with E-state index in [9.17, 15) is 18.4 Å². The molecule has 1 aliphatic rings. The molecule has 1 aliphatic heterocycles. The van der Waals surface area contributed by atoms with Crippen LogP contribution in [0.25, 0.3) is 10.4 Å². The fraction of sp³-hybridized carbons (Fsp3) is 0.333. The Labute approximate surface area is 157 Å². The zero-order valence-electron chi connectivity index (χ0n) is 14.3. The number of nitrogens with zero attached hydrogens (tertiary/aromatic N) is 1. The van der Waals surface area contributed by atoms with Gasteiger partial charge in [-0.1, -0.05) is 0 Å². The molecule has 1 amide bonds. The molecule has 144 valence electrons. The topological polar surface area (TPSA) is 76.1 Å². The highest BCUT2D eigenvalue weighted by Gasteiger charge is 2.33. The second-order valence-corrected chi connectivity index (χ2v) is 7.13. The Morgan fingerprint density at radius 2 is 1.93 bits per heavy atom. The summed E-state index contributed by atoms with van der Waals surface area (Å²) >= 11 is 1.25. The molecule has 1 aromatic carbocycles. The summed E-state index contributed by atoms with van der Waals surface area (Å²) in [5.74, 6) is -1.30. The van der Waals surface area contributed by atoms with Gasteiger partial charge in [0.15, 0.2) is 6.10 Å². The average molecular weight is 397 g/mol. The molecule has 1 fully saturated rings. The summed E-state index contributed by atoms with van der Waals surface area (Å²) in [6.45, 7) is -0.855. The van der Waals surface area contributed by atoms with Crippen LogP contribution < -0.4 is 4.74 Å². The third-order valence-corrected chi connectivity index (χ3v) is 5.13. The van der Waals surface area contributed by atoms with Crippen molar-refractivity contribution in [1.29, 1.82) is 0 Å². The van der Waals surface area contributed by atoms with Gasteiger partial charge in [0.2, 0.25) is 0 Å². The Bertz CT molecular complexity index is 823. The highest BCUT2D eigenvalue weighted by atomic mass is 32.1. The Balaban J connectivity index is 1.73. The molecule has 0 radical (unpaired) electrons. The highest BCUT2D eigenvalue weighted by Crippen LogP contribution is 2.31. The number of carboxylic acid groups (broad SMARTS) is 1. The van der Waals surface area contributed by atoms with Gasteiger partial charge in [-0.25, -0.2) is 4.79 Å². The molecule has 0 saturated carbocycles. The maximum absolute atomic E-state index is 12.7. The number of thiophene rings is 1. The Morgan fingerprint density at radius 1 is 1.22 bits per heavy atom. The number of ether oxygens (including phenoxy) is 2. The Hall–Kier alpha value is -2.52. The minimum absolute atomic E-state index is 0.00853. The lowest BCUT2D eigenvalue weighted by Crippen LogP contribution is -2.51. The van der Waals surface area contributed by atoms with Gasteiger partial charge in [0.05, 0.1) is 17.5 Å². The summed E-state index contributed by atoms with van der Waals surface area (Å²) in [7, 11) is 0.